The largest absolute Gasteiger partial charge is 0.366 e. The molecule has 1 fully saturated rings. The van der Waals surface area contributed by atoms with Gasteiger partial charge in [0.15, 0.2) is 5.17 Å². The van der Waals surface area contributed by atoms with Crippen LogP contribution >= 0.6 is 11.8 Å². The molecule has 1 saturated carbocycles. The molecular formula is C16H21N3OS. The third-order valence-corrected chi connectivity index (χ3v) is 5.43. The van der Waals surface area contributed by atoms with E-state index in [1.807, 2.05) is 12.1 Å². The van der Waals surface area contributed by atoms with Crippen molar-refractivity contribution >= 4 is 28.5 Å². The summed E-state index contributed by atoms with van der Waals surface area (Å²) in [5.41, 5.74) is 6.84. The van der Waals surface area contributed by atoms with E-state index < -0.39 is 5.91 Å². The van der Waals surface area contributed by atoms with Crippen molar-refractivity contribution in [1.29, 1.82) is 0 Å². The second-order valence-corrected chi connectivity index (χ2v) is 7.17. The Morgan fingerprint density at radius 3 is 3.14 bits per heavy atom. The standard InChI is InChI=1S/C16H21N3OS/c1-11-4-3-7-16(9-11)10-21-15(19-16)18-13-6-2-5-12(8-13)14(17)20/h2,5-6,8,11H,3-4,7,9-10H2,1H3,(H2,17,20)(H,18,19). The Labute approximate surface area is 129 Å². The number of primary amides is 1. The normalized spacial score (nSPS) is 28.4. The molecule has 2 unspecified atom stereocenters. The van der Waals surface area contributed by atoms with Gasteiger partial charge < -0.3 is 11.1 Å². The average Bonchev–Trinajstić information content (AvgIpc) is 2.81. The van der Waals surface area contributed by atoms with E-state index in [-0.39, 0.29) is 5.54 Å². The van der Waals surface area contributed by atoms with Gasteiger partial charge in [-0.25, -0.2) is 0 Å². The van der Waals surface area contributed by atoms with E-state index in [0.717, 1.165) is 22.5 Å². The minimum atomic E-state index is -0.405. The minimum Gasteiger partial charge on any atom is -0.366 e. The van der Waals surface area contributed by atoms with Gasteiger partial charge in [-0.3, -0.25) is 9.79 Å². The maximum absolute atomic E-state index is 11.2. The zero-order chi connectivity index (χ0) is 14.9. The lowest BCUT2D eigenvalue weighted by Crippen LogP contribution is -2.33. The molecule has 0 radical (unpaired) electrons. The summed E-state index contributed by atoms with van der Waals surface area (Å²) in [6.07, 6.45) is 4.98. The van der Waals surface area contributed by atoms with Crippen molar-refractivity contribution in [3.8, 4) is 0 Å². The molecule has 1 amide bonds. The Bertz CT molecular complexity index is 587. The Balaban J connectivity index is 1.74. The molecule has 1 aliphatic heterocycles. The number of rotatable bonds is 2. The first kappa shape index (κ1) is 14.4. The molecule has 112 valence electrons. The fourth-order valence-corrected chi connectivity index (χ4v) is 4.47. The van der Waals surface area contributed by atoms with Gasteiger partial charge in [0.2, 0.25) is 5.91 Å². The number of nitrogens with one attached hydrogen (secondary N) is 1. The smallest absolute Gasteiger partial charge is 0.248 e. The second kappa shape index (κ2) is 5.72. The van der Waals surface area contributed by atoms with Crippen LogP contribution in [0.5, 0.6) is 0 Å². The van der Waals surface area contributed by atoms with E-state index in [1.54, 1.807) is 23.9 Å². The monoisotopic (exact) mass is 303 g/mol. The van der Waals surface area contributed by atoms with Crippen molar-refractivity contribution in [3.05, 3.63) is 29.8 Å². The number of thioether (sulfide) groups is 1. The number of aliphatic imine (C=N–C) groups is 1. The maximum Gasteiger partial charge on any atom is 0.248 e. The van der Waals surface area contributed by atoms with E-state index in [1.165, 1.54) is 25.7 Å². The zero-order valence-corrected chi connectivity index (χ0v) is 13.1. The molecule has 21 heavy (non-hydrogen) atoms. The summed E-state index contributed by atoms with van der Waals surface area (Å²) in [5, 5.41) is 4.29. The quantitative estimate of drug-likeness (QED) is 0.881. The molecule has 4 nitrogen and oxygen atoms in total. The topological polar surface area (TPSA) is 67.5 Å². The van der Waals surface area contributed by atoms with Crippen molar-refractivity contribution < 1.29 is 4.79 Å². The van der Waals surface area contributed by atoms with Gasteiger partial charge in [0.1, 0.15) is 0 Å². The third-order valence-electron chi connectivity index (χ3n) is 4.28. The Kier molecular flexibility index (Phi) is 3.93. The van der Waals surface area contributed by atoms with Crippen LogP contribution in [0.2, 0.25) is 0 Å². The Morgan fingerprint density at radius 2 is 2.38 bits per heavy atom. The van der Waals surface area contributed by atoms with Gasteiger partial charge in [-0.2, -0.15) is 0 Å². The van der Waals surface area contributed by atoms with E-state index in [2.05, 4.69) is 12.2 Å². The molecular weight excluding hydrogens is 282 g/mol. The summed E-state index contributed by atoms with van der Waals surface area (Å²) >= 11 is 1.78. The summed E-state index contributed by atoms with van der Waals surface area (Å²) in [7, 11) is 0. The molecule has 0 saturated heterocycles. The fourth-order valence-electron chi connectivity index (χ4n) is 3.29. The van der Waals surface area contributed by atoms with Crippen molar-refractivity contribution in [2.75, 3.05) is 11.1 Å². The Morgan fingerprint density at radius 1 is 1.52 bits per heavy atom. The molecule has 3 rings (SSSR count). The van der Waals surface area contributed by atoms with Crippen LogP contribution in [0.1, 0.15) is 43.0 Å². The van der Waals surface area contributed by atoms with Crippen LogP contribution in [0, 0.1) is 5.92 Å². The van der Waals surface area contributed by atoms with Crippen LogP contribution in [0.3, 0.4) is 0 Å². The zero-order valence-electron chi connectivity index (χ0n) is 12.3. The lowest BCUT2D eigenvalue weighted by atomic mass is 9.78. The minimum absolute atomic E-state index is 0.131. The van der Waals surface area contributed by atoms with Crippen LogP contribution in [-0.4, -0.2) is 22.4 Å². The summed E-state index contributed by atoms with van der Waals surface area (Å²) < 4.78 is 0. The molecule has 1 heterocycles. The van der Waals surface area contributed by atoms with Gasteiger partial charge in [0, 0.05) is 17.0 Å². The highest BCUT2D eigenvalue weighted by molar-refractivity contribution is 8.14. The molecule has 2 aliphatic rings. The van der Waals surface area contributed by atoms with Crippen molar-refractivity contribution in [3.63, 3.8) is 0 Å². The SMILES string of the molecule is CC1CCCC2(CSC(Nc3cccc(C(N)=O)c3)=N2)C1. The highest BCUT2D eigenvalue weighted by Crippen LogP contribution is 2.42. The number of nitrogens with two attached hydrogens (primary N) is 1. The van der Waals surface area contributed by atoms with Crippen molar-refractivity contribution in [2.24, 2.45) is 16.6 Å². The lowest BCUT2D eigenvalue weighted by molar-refractivity contribution is 0.100. The van der Waals surface area contributed by atoms with Gasteiger partial charge in [-0.1, -0.05) is 37.6 Å². The van der Waals surface area contributed by atoms with Gasteiger partial charge in [0.05, 0.1) is 5.54 Å². The van der Waals surface area contributed by atoms with Crippen LogP contribution in [-0.2, 0) is 0 Å². The number of amides is 1. The summed E-state index contributed by atoms with van der Waals surface area (Å²) in [6.45, 7) is 2.32. The number of hydrogen-bond donors (Lipinski definition) is 2. The summed E-state index contributed by atoms with van der Waals surface area (Å²) in [5.74, 6) is 1.42. The maximum atomic E-state index is 11.2. The van der Waals surface area contributed by atoms with E-state index >= 15 is 0 Å². The van der Waals surface area contributed by atoms with Gasteiger partial charge in [0.25, 0.3) is 0 Å². The van der Waals surface area contributed by atoms with E-state index in [4.69, 9.17) is 10.7 Å². The number of anilines is 1. The van der Waals surface area contributed by atoms with Gasteiger partial charge in [-0.05, 0) is 37.0 Å². The lowest BCUT2D eigenvalue weighted by Gasteiger charge is -2.33. The molecule has 1 aliphatic carbocycles. The van der Waals surface area contributed by atoms with Crippen LogP contribution in [0.15, 0.2) is 29.3 Å². The second-order valence-electron chi connectivity index (χ2n) is 6.20. The third kappa shape index (κ3) is 3.23. The number of amidine groups is 1. The first-order chi connectivity index (χ1) is 10.1. The highest BCUT2D eigenvalue weighted by atomic mass is 32.2. The molecule has 0 aromatic heterocycles. The summed E-state index contributed by atoms with van der Waals surface area (Å²) in [6, 6.07) is 7.27. The predicted octanol–water partition coefficient (Wildman–Crippen LogP) is 3.25. The van der Waals surface area contributed by atoms with Crippen LogP contribution in [0.25, 0.3) is 0 Å². The van der Waals surface area contributed by atoms with E-state index in [0.29, 0.717) is 5.56 Å². The highest BCUT2D eigenvalue weighted by Gasteiger charge is 2.39. The summed E-state index contributed by atoms with van der Waals surface area (Å²) in [4.78, 5) is 16.2. The van der Waals surface area contributed by atoms with Crippen molar-refractivity contribution in [1.82, 2.24) is 0 Å². The Hall–Kier alpha value is -1.49. The molecule has 1 aromatic carbocycles. The number of benzene rings is 1. The number of carbonyl (C=O) groups excluding carboxylic acids is 1. The molecule has 0 bridgehead atoms. The van der Waals surface area contributed by atoms with Crippen LogP contribution < -0.4 is 11.1 Å². The fraction of sp³-hybridized carbons (Fsp3) is 0.500. The number of nitrogens with zero attached hydrogens (tertiary/aromatic N) is 1. The first-order valence-electron chi connectivity index (χ1n) is 7.46. The molecule has 1 spiro atoms. The number of hydrogen-bond acceptors (Lipinski definition) is 4. The molecule has 1 aromatic rings. The van der Waals surface area contributed by atoms with Crippen LogP contribution in [0.4, 0.5) is 5.69 Å². The van der Waals surface area contributed by atoms with E-state index in [9.17, 15) is 4.79 Å². The van der Waals surface area contributed by atoms with Gasteiger partial charge in [-0.15, -0.1) is 0 Å². The predicted molar refractivity (Wildman–Crippen MR) is 88.8 cm³/mol. The molecule has 5 heteroatoms. The number of carbonyl (C=O) groups is 1. The first-order valence-corrected chi connectivity index (χ1v) is 8.44. The molecule has 2 atom stereocenters. The van der Waals surface area contributed by atoms with Gasteiger partial charge >= 0.3 is 0 Å². The van der Waals surface area contributed by atoms with Crippen molar-refractivity contribution in [2.45, 2.75) is 38.1 Å². The average molecular weight is 303 g/mol. The molecule has 3 N–H and O–H groups in total.